The molecule has 0 spiro atoms. The minimum Gasteiger partial charge on any atom is -0.365 e. The van der Waals surface area contributed by atoms with Gasteiger partial charge < -0.3 is 10.2 Å². The second-order valence-corrected chi connectivity index (χ2v) is 8.89. The van der Waals surface area contributed by atoms with Gasteiger partial charge in [0.25, 0.3) is 0 Å². The van der Waals surface area contributed by atoms with E-state index in [0.29, 0.717) is 5.56 Å². The molecule has 176 valence electrons. The molecule has 0 aliphatic rings. The molecule has 2 N–H and O–H groups in total. The number of hydrogen-bond donors (Lipinski definition) is 2. The fourth-order valence-corrected chi connectivity index (χ4v) is 3.98. The van der Waals surface area contributed by atoms with E-state index in [2.05, 4.69) is 6.92 Å². The maximum absolute atomic E-state index is 11.9. The summed E-state index contributed by atoms with van der Waals surface area (Å²) in [4.78, 5) is 11.9. The average Bonchev–Trinajstić information content (AvgIpc) is 2.77. The molecule has 0 bridgehead atoms. The number of carbonyl (C=O) groups is 1. The lowest BCUT2D eigenvalue weighted by Crippen LogP contribution is -2.01. The van der Waals surface area contributed by atoms with Gasteiger partial charge in [-0.05, 0) is 30.6 Å². The second-order valence-electron chi connectivity index (χ2n) is 8.89. The highest BCUT2D eigenvalue weighted by molar-refractivity contribution is 6.04. The summed E-state index contributed by atoms with van der Waals surface area (Å²) in [6, 6.07) is 7.64. The highest BCUT2D eigenvalue weighted by Crippen LogP contribution is 2.15. The number of aryl methyl sites for hydroxylation is 1. The van der Waals surface area contributed by atoms with E-state index in [1.165, 1.54) is 114 Å². The fourth-order valence-electron chi connectivity index (χ4n) is 3.98. The summed E-state index contributed by atoms with van der Waals surface area (Å²) < 4.78 is 0. The van der Waals surface area contributed by atoms with Gasteiger partial charge in [-0.15, -0.1) is 0 Å². The molecular weight excluding hydrogens is 384 g/mol. The summed E-state index contributed by atoms with van der Waals surface area (Å²) in [5.41, 5.74) is 1.83. The van der Waals surface area contributed by atoms with Gasteiger partial charge in [-0.25, -0.2) is 0 Å². The number of allylic oxidation sites excluding steroid dienone is 1. The van der Waals surface area contributed by atoms with E-state index in [0.717, 1.165) is 12.5 Å². The lowest BCUT2D eigenvalue weighted by molar-refractivity contribution is 0.00218. The Balaban J connectivity index is 1.92. The van der Waals surface area contributed by atoms with E-state index >= 15 is 0 Å². The van der Waals surface area contributed by atoms with Crippen molar-refractivity contribution in [2.45, 2.75) is 122 Å². The Kier molecular flexibility index (Phi) is 17.1. The van der Waals surface area contributed by atoms with Crippen LogP contribution in [0.5, 0.6) is 0 Å². The van der Waals surface area contributed by atoms with Crippen LogP contribution in [0.15, 0.2) is 36.4 Å². The normalized spacial score (nSPS) is 11.6. The summed E-state index contributed by atoms with van der Waals surface area (Å²) in [5, 5.41) is 17.6. The van der Waals surface area contributed by atoms with Crippen molar-refractivity contribution in [3.63, 3.8) is 0 Å². The fraction of sp³-hybridized carbons (Fsp3) is 0.679. The van der Waals surface area contributed by atoms with Crippen LogP contribution in [0.1, 0.15) is 126 Å². The monoisotopic (exact) mass is 430 g/mol. The quantitative estimate of drug-likeness (QED) is 0.0972. The highest BCUT2D eigenvalue weighted by Gasteiger charge is 2.03. The SMILES string of the molecule is CCCCCCCCCCCCCCCCCCc1ccc(C(=O)/C=C/C(O)O)cc1. The van der Waals surface area contributed by atoms with E-state index in [1.807, 2.05) is 24.3 Å². The molecule has 0 saturated carbocycles. The molecule has 0 heterocycles. The molecule has 0 amide bonds. The smallest absolute Gasteiger partial charge is 0.185 e. The zero-order valence-electron chi connectivity index (χ0n) is 19.9. The van der Waals surface area contributed by atoms with Crippen LogP contribution >= 0.6 is 0 Å². The number of aliphatic hydroxyl groups excluding tert-OH is 1. The molecule has 0 radical (unpaired) electrons. The number of unbranched alkanes of at least 4 members (excludes halogenated alkanes) is 15. The predicted octanol–water partition coefficient (Wildman–Crippen LogP) is 7.54. The molecule has 31 heavy (non-hydrogen) atoms. The first kappa shape index (κ1) is 27.6. The van der Waals surface area contributed by atoms with Gasteiger partial charge in [0.15, 0.2) is 12.1 Å². The summed E-state index contributed by atoms with van der Waals surface area (Å²) >= 11 is 0. The van der Waals surface area contributed by atoms with Crippen molar-refractivity contribution in [3.8, 4) is 0 Å². The number of aliphatic hydroxyl groups is 2. The van der Waals surface area contributed by atoms with Crippen LogP contribution < -0.4 is 0 Å². The van der Waals surface area contributed by atoms with Gasteiger partial charge in [-0.1, -0.05) is 128 Å². The highest BCUT2D eigenvalue weighted by atomic mass is 16.5. The topological polar surface area (TPSA) is 57.5 Å². The van der Waals surface area contributed by atoms with Gasteiger partial charge in [0.1, 0.15) is 0 Å². The Hall–Kier alpha value is -1.45. The van der Waals surface area contributed by atoms with E-state index in [9.17, 15) is 4.79 Å². The number of benzene rings is 1. The third-order valence-corrected chi connectivity index (χ3v) is 5.98. The van der Waals surface area contributed by atoms with Crippen LogP contribution in [0.4, 0.5) is 0 Å². The second kappa shape index (κ2) is 19.3. The summed E-state index contributed by atoms with van der Waals surface area (Å²) in [6.07, 6.45) is 23.9. The molecule has 3 nitrogen and oxygen atoms in total. The van der Waals surface area contributed by atoms with E-state index in [4.69, 9.17) is 10.2 Å². The standard InChI is InChI=1S/C28H46O3/c1-2-3-4-5-6-7-8-9-10-11-12-13-14-15-16-17-18-25-19-21-26(22-20-25)27(29)23-24-28(30)31/h19-24,28,30-31H,2-18H2,1H3/b24-23+. The first-order valence-electron chi connectivity index (χ1n) is 12.8. The Morgan fingerprint density at radius 2 is 1.13 bits per heavy atom. The first-order valence-corrected chi connectivity index (χ1v) is 12.8. The third-order valence-electron chi connectivity index (χ3n) is 5.98. The molecule has 0 saturated heterocycles. The lowest BCUT2D eigenvalue weighted by atomic mass is 10.0. The number of rotatable bonds is 20. The largest absolute Gasteiger partial charge is 0.365 e. The minimum atomic E-state index is -1.59. The minimum absolute atomic E-state index is 0.206. The van der Waals surface area contributed by atoms with Crippen LogP contribution in [0.2, 0.25) is 0 Å². The third kappa shape index (κ3) is 15.9. The molecule has 0 fully saturated rings. The molecule has 0 unspecified atom stereocenters. The molecular formula is C28H46O3. The molecule has 1 aromatic carbocycles. The van der Waals surface area contributed by atoms with Gasteiger partial charge in [0.05, 0.1) is 0 Å². The van der Waals surface area contributed by atoms with E-state index in [1.54, 1.807) is 0 Å². The summed E-state index contributed by atoms with van der Waals surface area (Å²) in [7, 11) is 0. The van der Waals surface area contributed by atoms with Gasteiger partial charge in [0, 0.05) is 5.56 Å². The molecule has 0 aliphatic heterocycles. The van der Waals surface area contributed by atoms with Crippen LogP contribution in [-0.4, -0.2) is 22.3 Å². The molecule has 0 atom stereocenters. The summed E-state index contributed by atoms with van der Waals surface area (Å²) in [6.45, 7) is 2.28. The molecule has 0 aromatic heterocycles. The Labute approximate surface area is 191 Å². The van der Waals surface area contributed by atoms with Crippen molar-refractivity contribution in [2.24, 2.45) is 0 Å². The Morgan fingerprint density at radius 1 is 0.710 bits per heavy atom. The lowest BCUT2D eigenvalue weighted by Gasteiger charge is -2.04. The molecule has 0 aliphatic carbocycles. The van der Waals surface area contributed by atoms with Gasteiger partial charge in [0.2, 0.25) is 0 Å². The molecule has 1 rings (SSSR count). The van der Waals surface area contributed by atoms with Crippen LogP contribution in [0.3, 0.4) is 0 Å². The van der Waals surface area contributed by atoms with E-state index < -0.39 is 6.29 Å². The Bertz CT molecular complexity index is 574. The van der Waals surface area contributed by atoms with E-state index in [-0.39, 0.29) is 5.78 Å². The summed E-state index contributed by atoms with van der Waals surface area (Å²) in [5.74, 6) is -0.206. The molecule has 1 aromatic rings. The molecule has 3 heteroatoms. The van der Waals surface area contributed by atoms with Gasteiger partial charge >= 0.3 is 0 Å². The zero-order chi connectivity index (χ0) is 22.6. The van der Waals surface area contributed by atoms with Crippen molar-refractivity contribution >= 4 is 5.78 Å². The van der Waals surface area contributed by atoms with Gasteiger partial charge in [-0.2, -0.15) is 0 Å². The Morgan fingerprint density at radius 3 is 1.55 bits per heavy atom. The number of hydrogen-bond acceptors (Lipinski definition) is 3. The van der Waals surface area contributed by atoms with Crippen LogP contribution in [-0.2, 0) is 6.42 Å². The average molecular weight is 431 g/mol. The van der Waals surface area contributed by atoms with Crippen LogP contribution in [0.25, 0.3) is 0 Å². The van der Waals surface area contributed by atoms with Crippen molar-refractivity contribution in [1.82, 2.24) is 0 Å². The predicted molar refractivity (Wildman–Crippen MR) is 131 cm³/mol. The maximum Gasteiger partial charge on any atom is 0.185 e. The first-order chi connectivity index (χ1) is 15.1. The van der Waals surface area contributed by atoms with Gasteiger partial charge in [-0.3, -0.25) is 4.79 Å². The van der Waals surface area contributed by atoms with Crippen molar-refractivity contribution in [2.75, 3.05) is 0 Å². The maximum atomic E-state index is 11.9. The van der Waals surface area contributed by atoms with Crippen molar-refractivity contribution in [3.05, 3.63) is 47.5 Å². The number of carbonyl (C=O) groups excluding carboxylic acids is 1. The van der Waals surface area contributed by atoms with Crippen molar-refractivity contribution in [1.29, 1.82) is 0 Å². The number of ketones is 1. The van der Waals surface area contributed by atoms with Crippen molar-refractivity contribution < 1.29 is 15.0 Å². The zero-order valence-corrected chi connectivity index (χ0v) is 19.9. The van der Waals surface area contributed by atoms with Crippen LogP contribution in [0, 0.1) is 0 Å².